The highest BCUT2D eigenvalue weighted by Crippen LogP contribution is 2.33. The van der Waals surface area contributed by atoms with Crippen LogP contribution in [0.1, 0.15) is 22.8 Å². The summed E-state index contributed by atoms with van der Waals surface area (Å²) < 4.78 is 10.7. The summed E-state index contributed by atoms with van der Waals surface area (Å²) in [6.07, 6.45) is 0.857. The van der Waals surface area contributed by atoms with Crippen LogP contribution in [-0.4, -0.2) is 33.1 Å². The zero-order valence-corrected chi connectivity index (χ0v) is 19.5. The van der Waals surface area contributed by atoms with Gasteiger partial charge < -0.3 is 19.6 Å². The van der Waals surface area contributed by atoms with Crippen LogP contribution < -0.4 is 15.4 Å². The molecule has 0 aliphatic carbocycles. The number of anilines is 1. The Bertz CT molecular complexity index is 1470. The van der Waals surface area contributed by atoms with E-state index in [-0.39, 0.29) is 33.8 Å². The van der Waals surface area contributed by atoms with Crippen molar-refractivity contribution in [2.75, 3.05) is 12.4 Å². The van der Waals surface area contributed by atoms with Crippen LogP contribution in [0.5, 0.6) is 11.5 Å². The van der Waals surface area contributed by atoms with Crippen LogP contribution in [-0.2, 0) is 6.42 Å². The molecule has 0 saturated heterocycles. The number of benzene rings is 3. The molecule has 4 aromatic rings. The van der Waals surface area contributed by atoms with Gasteiger partial charge in [-0.15, -0.1) is 0 Å². The number of nitro benzene ring substituents is 1. The van der Waals surface area contributed by atoms with Crippen LogP contribution in [0.3, 0.4) is 0 Å². The molecule has 0 spiro atoms. The Kier molecular flexibility index (Phi) is 6.60. The third kappa shape index (κ3) is 5.04. The minimum atomic E-state index is -0.641. The molecule has 11 heteroatoms. The number of phenols is 1. The summed E-state index contributed by atoms with van der Waals surface area (Å²) in [5, 5.41) is 26.8. The fourth-order valence-corrected chi connectivity index (χ4v) is 3.62. The van der Waals surface area contributed by atoms with Crippen LogP contribution in [0, 0.1) is 10.1 Å². The number of hydrogen-bond acceptors (Lipinski definition) is 8. The molecular formula is C24H20N4O6S. The molecule has 0 bridgehead atoms. The largest absolute Gasteiger partial charge is 0.507 e. The lowest BCUT2D eigenvalue weighted by atomic mass is 10.1. The predicted octanol–water partition coefficient (Wildman–Crippen LogP) is 4.81. The monoisotopic (exact) mass is 492 g/mol. The molecule has 0 radical (unpaired) electrons. The highest BCUT2D eigenvalue weighted by atomic mass is 32.1. The molecule has 4 rings (SSSR count). The van der Waals surface area contributed by atoms with Gasteiger partial charge in [0.15, 0.2) is 16.4 Å². The molecule has 3 aromatic carbocycles. The van der Waals surface area contributed by atoms with Gasteiger partial charge in [0.2, 0.25) is 5.89 Å². The zero-order valence-electron chi connectivity index (χ0n) is 18.7. The summed E-state index contributed by atoms with van der Waals surface area (Å²) in [6.45, 7) is 2.04. The van der Waals surface area contributed by atoms with Crippen LogP contribution in [0.4, 0.5) is 11.4 Å². The third-order valence-electron chi connectivity index (χ3n) is 5.21. The number of methoxy groups -OCH3 is 1. The number of ether oxygens (including phenoxy) is 1. The highest BCUT2D eigenvalue weighted by Gasteiger charge is 2.19. The number of nitro groups is 1. The molecule has 0 aliphatic rings. The maximum Gasteiger partial charge on any atom is 0.311 e. The molecule has 3 N–H and O–H groups in total. The van der Waals surface area contributed by atoms with Crippen molar-refractivity contribution < 1.29 is 24.0 Å². The number of oxazole rings is 1. The maximum absolute atomic E-state index is 12.5. The lowest BCUT2D eigenvalue weighted by molar-refractivity contribution is -0.385. The normalized spacial score (nSPS) is 10.7. The molecule has 0 saturated carbocycles. The SMILES string of the molecule is CCc1ccc2oc(-c3cc(NC(=S)NC(=O)c4ccc(OC)c([N+](=O)[O-])c4)ccc3O)nc2c1. The Morgan fingerprint density at radius 2 is 2.00 bits per heavy atom. The average molecular weight is 493 g/mol. The average Bonchev–Trinajstić information content (AvgIpc) is 3.27. The predicted molar refractivity (Wildman–Crippen MR) is 134 cm³/mol. The Morgan fingerprint density at radius 1 is 1.20 bits per heavy atom. The number of thiocarbonyl (C=S) groups is 1. The van der Waals surface area contributed by atoms with Crippen LogP contribution >= 0.6 is 12.2 Å². The number of rotatable bonds is 6. The number of aromatic hydroxyl groups is 1. The molecule has 10 nitrogen and oxygen atoms in total. The van der Waals surface area contributed by atoms with Gasteiger partial charge in [-0.25, -0.2) is 4.98 Å². The van der Waals surface area contributed by atoms with Crippen molar-refractivity contribution in [1.29, 1.82) is 0 Å². The second kappa shape index (κ2) is 9.77. The quantitative estimate of drug-likeness (QED) is 0.150. The summed E-state index contributed by atoms with van der Waals surface area (Å²) in [6, 6.07) is 14.1. The van der Waals surface area contributed by atoms with E-state index in [0.29, 0.717) is 22.4 Å². The van der Waals surface area contributed by atoms with E-state index in [1.807, 2.05) is 25.1 Å². The third-order valence-corrected chi connectivity index (χ3v) is 5.41. The topological polar surface area (TPSA) is 140 Å². The maximum atomic E-state index is 12.5. The number of amides is 1. The number of nitrogens with one attached hydrogen (secondary N) is 2. The number of hydrogen-bond donors (Lipinski definition) is 3. The van der Waals surface area contributed by atoms with Crippen molar-refractivity contribution >= 4 is 45.7 Å². The molecule has 0 fully saturated rings. The van der Waals surface area contributed by atoms with Crippen LogP contribution in [0.2, 0.25) is 0 Å². The van der Waals surface area contributed by atoms with E-state index in [0.717, 1.165) is 18.1 Å². The van der Waals surface area contributed by atoms with Gasteiger partial charge in [0.1, 0.15) is 11.3 Å². The van der Waals surface area contributed by atoms with Gasteiger partial charge in [0.05, 0.1) is 17.6 Å². The smallest absolute Gasteiger partial charge is 0.311 e. The van der Waals surface area contributed by atoms with Crippen LogP contribution in [0.15, 0.2) is 59.0 Å². The van der Waals surface area contributed by atoms with Crippen LogP contribution in [0.25, 0.3) is 22.6 Å². The van der Waals surface area contributed by atoms with Gasteiger partial charge in [0, 0.05) is 17.3 Å². The van der Waals surface area contributed by atoms with Gasteiger partial charge in [-0.2, -0.15) is 0 Å². The Labute approximate surface area is 204 Å². The molecule has 178 valence electrons. The fourth-order valence-electron chi connectivity index (χ4n) is 3.40. The number of fused-ring (bicyclic) bond motifs is 1. The first kappa shape index (κ1) is 23.6. The van der Waals surface area contributed by atoms with Gasteiger partial charge >= 0.3 is 5.69 Å². The summed E-state index contributed by atoms with van der Waals surface area (Å²) in [5.74, 6) is -0.417. The van der Waals surface area contributed by atoms with Crippen molar-refractivity contribution in [2.24, 2.45) is 0 Å². The molecule has 0 atom stereocenters. The van der Waals surface area contributed by atoms with E-state index < -0.39 is 10.8 Å². The van der Waals surface area contributed by atoms with Crippen molar-refractivity contribution in [3.05, 3.63) is 75.8 Å². The standard InChI is InChI=1S/C24H20N4O6S/c1-3-13-4-8-20-17(10-13)26-23(34-20)16-12-15(6-7-19(16)29)25-24(35)27-22(30)14-5-9-21(33-2)18(11-14)28(31)32/h4-12,29H,3H2,1-2H3,(H2,25,27,30,35). The highest BCUT2D eigenvalue weighted by molar-refractivity contribution is 7.80. The fraction of sp³-hybridized carbons (Fsp3) is 0.125. The van der Waals surface area contributed by atoms with E-state index in [1.54, 1.807) is 12.1 Å². The lowest BCUT2D eigenvalue weighted by Crippen LogP contribution is -2.34. The first-order valence-electron chi connectivity index (χ1n) is 10.5. The molecule has 1 amide bonds. The number of aryl methyl sites for hydroxylation is 1. The number of carbonyl (C=O) groups is 1. The minimum absolute atomic E-state index is 0.0333. The first-order valence-corrected chi connectivity index (χ1v) is 10.9. The van der Waals surface area contributed by atoms with Crippen molar-refractivity contribution in [2.45, 2.75) is 13.3 Å². The molecule has 1 heterocycles. The molecule has 0 aliphatic heterocycles. The molecule has 0 unspecified atom stereocenters. The lowest BCUT2D eigenvalue weighted by Gasteiger charge is -2.11. The van der Waals surface area contributed by atoms with E-state index in [9.17, 15) is 20.0 Å². The minimum Gasteiger partial charge on any atom is -0.507 e. The summed E-state index contributed by atoms with van der Waals surface area (Å²) in [4.78, 5) is 27.6. The van der Waals surface area contributed by atoms with Crippen molar-refractivity contribution in [3.63, 3.8) is 0 Å². The van der Waals surface area contributed by atoms with Gasteiger partial charge in [0.25, 0.3) is 5.91 Å². The summed E-state index contributed by atoms with van der Waals surface area (Å²) >= 11 is 5.22. The zero-order chi connectivity index (χ0) is 25.1. The second-order valence-electron chi connectivity index (χ2n) is 7.46. The Hall–Kier alpha value is -4.51. The molecule has 35 heavy (non-hydrogen) atoms. The molecule has 1 aromatic heterocycles. The number of phenolic OH excluding ortho intramolecular Hbond substituents is 1. The number of carbonyl (C=O) groups excluding carboxylic acids is 1. The second-order valence-corrected chi connectivity index (χ2v) is 7.87. The van der Waals surface area contributed by atoms with Crippen molar-refractivity contribution in [1.82, 2.24) is 10.3 Å². The van der Waals surface area contributed by atoms with Gasteiger partial charge in [-0.1, -0.05) is 13.0 Å². The summed E-state index contributed by atoms with van der Waals surface area (Å²) in [5.41, 5.74) is 2.86. The van der Waals surface area contributed by atoms with Crippen molar-refractivity contribution in [3.8, 4) is 23.0 Å². The molecular weight excluding hydrogens is 472 g/mol. The van der Waals surface area contributed by atoms with E-state index >= 15 is 0 Å². The van der Waals surface area contributed by atoms with Gasteiger partial charge in [-0.3, -0.25) is 20.2 Å². The van der Waals surface area contributed by atoms with Gasteiger partial charge in [-0.05, 0) is 66.7 Å². The number of nitrogens with zero attached hydrogens (tertiary/aromatic N) is 2. The van der Waals surface area contributed by atoms with E-state index in [1.165, 1.54) is 25.3 Å². The number of aromatic nitrogens is 1. The summed E-state index contributed by atoms with van der Waals surface area (Å²) in [7, 11) is 1.30. The van der Waals surface area contributed by atoms with E-state index in [4.69, 9.17) is 21.4 Å². The Balaban J connectivity index is 1.52. The Morgan fingerprint density at radius 3 is 2.71 bits per heavy atom. The van der Waals surface area contributed by atoms with E-state index in [2.05, 4.69) is 15.6 Å². The first-order chi connectivity index (χ1) is 16.8.